The van der Waals surface area contributed by atoms with Crippen LogP contribution in [0, 0.1) is 0 Å². The summed E-state index contributed by atoms with van der Waals surface area (Å²) in [5.41, 5.74) is 0. The monoisotopic (exact) mass is 78.0 g/mol. The predicted octanol–water partition coefficient (Wildman–Crippen LogP) is -0.604. The van der Waals surface area contributed by atoms with Gasteiger partial charge in [-0.15, -0.1) is 0 Å². The molecule has 1 unspecified atom stereocenters. The second-order valence-corrected chi connectivity index (χ2v) is 1.61. The van der Waals surface area contributed by atoms with Crippen molar-refractivity contribution < 1.29 is 4.74 Å². The highest BCUT2D eigenvalue weighted by Crippen LogP contribution is 2.27. The zero-order valence-electron chi connectivity index (χ0n) is 3.64. The minimum atomic E-state index is -0.792. The summed E-state index contributed by atoms with van der Waals surface area (Å²) in [7, 11) is 10.3. The average molecular weight is 77.7 g/mol. The first-order valence-corrected chi connectivity index (χ1v) is 1.88. The lowest BCUT2D eigenvalue weighted by Gasteiger charge is -1.84. The van der Waals surface area contributed by atoms with Gasteiger partial charge in [0, 0.05) is 5.40 Å². The molecule has 0 N–H and O–H groups in total. The molecule has 4 radical (unpaired) electrons. The summed E-state index contributed by atoms with van der Waals surface area (Å²) in [6, 6.07) is 0. The van der Waals surface area contributed by atoms with Gasteiger partial charge in [-0.1, -0.05) is 0 Å². The van der Waals surface area contributed by atoms with Crippen LogP contribution >= 0.6 is 0 Å². The Morgan fingerprint density at radius 1 is 1.67 bits per heavy atom. The Kier molecular flexibility index (Phi) is 0.593. The van der Waals surface area contributed by atoms with E-state index in [1.807, 2.05) is 6.92 Å². The molecule has 1 fully saturated rings. The van der Waals surface area contributed by atoms with Gasteiger partial charge >= 0.3 is 0 Å². The third kappa shape index (κ3) is 0.473. The molecule has 1 heterocycles. The molecule has 1 aliphatic heterocycles. The van der Waals surface area contributed by atoms with Gasteiger partial charge < -0.3 is 4.74 Å². The van der Waals surface area contributed by atoms with Gasteiger partial charge in [-0.05, 0) is 6.92 Å². The Balaban J connectivity index is 2.41. The van der Waals surface area contributed by atoms with Crippen LogP contribution in [0.25, 0.3) is 0 Å². The van der Waals surface area contributed by atoms with E-state index in [0.717, 1.165) is 0 Å². The number of rotatable bonds is 0. The van der Waals surface area contributed by atoms with Gasteiger partial charge in [0.05, 0.1) is 6.10 Å². The van der Waals surface area contributed by atoms with Crippen LogP contribution in [0.5, 0.6) is 0 Å². The number of hydrogen-bond donors (Lipinski definition) is 0. The van der Waals surface area contributed by atoms with E-state index in [1.54, 1.807) is 0 Å². The molecule has 0 aromatic heterocycles. The summed E-state index contributed by atoms with van der Waals surface area (Å²) in [6.07, 6.45) is 0.0532. The molecule has 1 rings (SSSR count). The minimum Gasteiger partial charge on any atom is -0.387 e. The van der Waals surface area contributed by atoms with E-state index >= 15 is 0 Å². The molecule has 0 spiro atoms. The van der Waals surface area contributed by atoms with E-state index in [2.05, 4.69) is 4.74 Å². The normalized spacial score (nSPS) is 39.2. The largest absolute Gasteiger partial charge is 0.387 e. The van der Waals surface area contributed by atoms with Crippen LogP contribution in [0.4, 0.5) is 0 Å². The third-order valence-electron chi connectivity index (χ3n) is 0.959. The molecular weight excluding hydrogens is 73.7 g/mol. The van der Waals surface area contributed by atoms with Crippen molar-refractivity contribution in [2.75, 3.05) is 0 Å². The van der Waals surface area contributed by atoms with Crippen molar-refractivity contribution in [2.45, 2.75) is 18.4 Å². The van der Waals surface area contributed by atoms with Crippen LogP contribution in [-0.4, -0.2) is 27.2 Å². The molecule has 28 valence electrons. The highest BCUT2D eigenvalue weighted by atomic mass is 16.6. The summed E-state index contributed by atoms with van der Waals surface area (Å²) in [4.78, 5) is 0. The topological polar surface area (TPSA) is 12.5 Å². The van der Waals surface area contributed by atoms with E-state index in [0.29, 0.717) is 0 Å². The summed E-state index contributed by atoms with van der Waals surface area (Å²) < 4.78 is 4.66. The fraction of sp³-hybridized carbons (Fsp3) is 1.00. The lowest BCUT2D eigenvalue weighted by atomic mass is 9.68. The zero-order valence-corrected chi connectivity index (χ0v) is 3.64. The van der Waals surface area contributed by atoms with Gasteiger partial charge in [0.25, 0.3) is 0 Å². The molecule has 1 aliphatic rings. The summed E-state index contributed by atoms with van der Waals surface area (Å²) >= 11 is 0. The van der Waals surface area contributed by atoms with E-state index in [1.165, 1.54) is 0 Å². The smallest absolute Gasteiger partial charge is 0.103 e. The molecule has 0 aromatic carbocycles. The van der Waals surface area contributed by atoms with E-state index in [9.17, 15) is 0 Å². The molecule has 0 saturated carbocycles. The summed E-state index contributed by atoms with van der Waals surface area (Å²) in [5.74, 6) is 0. The number of hydrogen-bond acceptors (Lipinski definition) is 1. The van der Waals surface area contributed by atoms with Crippen LogP contribution in [0.15, 0.2) is 0 Å². The quantitative estimate of drug-likeness (QED) is 0.278. The van der Waals surface area contributed by atoms with Crippen LogP contribution in [0.3, 0.4) is 0 Å². The molecule has 0 amide bonds. The van der Waals surface area contributed by atoms with Crippen molar-refractivity contribution in [2.24, 2.45) is 0 Å². The fourth-order valence-corrected chi connectivity index (χ4v) is 0.272. The first kappa shape index (κ1) is 4.25. The zero-order chi connectivity index (χ0) is 4.78. The van der Waals surface area contributed by atoms with Crippen LogP contribution in [0.2, 0.25) is 0 Å². The standard InChI is InChI=1S/C3H4B2O/c1-2-3(4,5)6-2/h2H,1H3. The van der Waals surface area contributed by atoms with E-state index in [4.69, 9.17) is 15.7 Å². The minimum absolute atomic E-state index is 0.0532. The second-order valence-electron chi connectivity index (χ2n) is 1.61. The predicted molar refractivity (Wildman–Crippen MR) is 24.8 cm³/mol. The van der Waals surface area contributed by atoms with Gasteiger partial charge in [0.1, 0.15) is 15.7 Å². The van der Waals surface area contributed by atoms with Crippen LogP contribution in [0.1, 0.15) is 6.92 Å². The number of ether oxygens (including phenoxy) is 1. The second kappa shape index (κ2) is 0.836. The Morgan fingerprint density at radius 3 is 1.83 bits per heavy atom. The van der Waals surface area contributed by atoms with Crippen molar-refractivity contribution in [3.8, 4) is 0 Å². The van der Waals surface area contributed by atoms with E-state index in [-0.39, 0.29) is 6.10 Å². The molecule has 0 aliphatic carbocycles. The molecular formula is C3H4B2O. The lowest BCUT2D eigenvalue weighted by molar-refractivity contribution is 0.397. The maximum absolute atomic E-state index is 5.16. The molecule has 0 aromatic rings. The van der Waals surface area contributed by atoms with Crippen LogP contribution < -0.4 is 0 Å². The third-order valence-corrected chi connectivity index (χ3v) is 0.959. The summed E-state index contributed by atoms with van der Waals surface area (Å²) in [6.45, 7) is 1.83. The molecule has 6 heavy (non-hydrogen) atoms. The number of epoxide rings is 1. The fourth-order valence-electron chi connectivity index (χ4n) is 0.272. The maximum Gasteiger partial charge on any atom is 0.103 e. The van der Waals surface area contributed by atoms with Crippen molar-refractivity contribution in [1.29, 1.82) is 0 Å². The molecule has 1 nitrogen and oxygen atoms in total. The van der Waals surface area contributed by atoms with Crippen molar-refractivity contribution in [3.63, 3.8) is 0 Å². The van der Waals surface area contributed by atoms with Crippen LogP contribution in [-0.2, 0) is 4.74 Å². The van der Waals surface area contributed by atoms with Crippen molar-refractivity contribution >= 4 is 15.7 Å². The molecule has 1 saturated heterocycles. The molecule has 3 heteroatoms. The Labute approximate surface area is 39.9 Å². The maximum atomic E-state index is 5.16. The Hall–Kier alpha value is 0.0899. The van der Waals surface area contributed by atoms with Gasteiger partial charge in [0.15, 0.2) is 0 Å². The van der Waals surface area contributed by atoms with Gasteiger partial charge in [-0.25, -0.2) is 0 Å². The first-order valence-electron chi connectivity index (χ1n) is 1.88. The average Bonchev–Trinajstić information content (AvgIpc) is 1.73. The highest BCUT2D eigenvalue weighted by Gasteiger charge is 2.41. The molecule has 1 atom stereocenters. The lowest BCUT2D eigenvalue weighted by Crippen LogP contribution is -2.11. The Morgan fingerprint density at radius 2 is 1.83 bits per heavy atom. The van der Waals surface area contributed by atoms with Crippen molar-refractivity contribution in [1.82, 2.24) is 0 Å². The molecule has 0 bridgehead atoms. The van der Waals surface area contributed by atoms with E-state index < -0.39 is 5.40 Å². The highest BCUT2D eigenvalue weighted by molar-refractivity contribution is 6.41. The van der Waals surface area contributed by atoms with Gasteiger partial charge in [0.2, 0.25) is 0 Å². The van der Waals surface area contributed by atoms with Crippen molar-refractivity contribution in [3.05, 3.63) is 0 Å². The van der Waals surface area contributed by atoms with Gasteiger partial charge in [-0.2, -0.15) is 0 Å². The van der Waals surface area contributed by atoms with Gasteiger partial charge in [-0.3, -0.25) is 0 Å². The first-order chi connectivity index (χ1) is 2.63. The SMILES string of the molecule is [B]C1([B])OC1C. The summed E-state index contributed by atoms with van der Waals surface area (Å²) in [5, 5.41) is -0.792. The Bertz CT molecular complexity index is 71.2.